The summed E-state index contributed by atoms with van der Waals surface area (Å²) in [5, 5.41) is 10.9. The number of hydrogen-bond acceptors (Lipinski definition) is 4. The summed E-state index contributed by atoms with van der Waals surface area (Å²) in [6, 6.07) is 2.44. The third-order valence-corrected chi connectivity index (χ3v) is 9.30. The van der Waals surface area contributed by atoms with Crippen molar-refractivity contribution in [2.75, 3.05) is 5.32 Å². The van der Waals surface area contributed by atoms with Gasteiger partial charge in [0.2, 0.25) is 18.1 Å². The van der Waals surface area contributed by atoms with E-state index in [0.717, 1.165) is 76.5 Å². The number of amides is 3. The first-order chi connectivity index (χ1) is 21.5. The molecule has 3 N–H and O–H groups in total. The maximum atomic E-state index is 15.3. The van der Waals surface area contributed by atoms with Crippen LogP contribution in [0.1, 0.15) is 100 Å². The van der Waals surface area contributed by atoms with Gasteiger partial charge in [-0.05, 0) is 49.3 Å². The van der Waals surface area contributed by atoms with Crippen LogP contribution in [0.15, 0.2) is 24.4 Å². The van der Waals surface area contributed by atoms with Crippen molar-refractivity contribution in [3.8, 4) is 0 Å². The second-order valence-corrected chi connectivity index (χ2v) is 12.2. The Hall–Kier alpha value is -3.51. The van der Waals surface area contributed by atoms with E-state index in [9.17, 15) is 31.9 Å². The molecule has 8 nitrogen and oxygen atoms in total. The average Bonchev–Trinajstić information content (AvgIpc) is 3.42. The molecule has 248 valence electrons. The zero-order valence-corrected chi connectivity index (χ0v) is 25.6. The summed E-state index contributed by atoms with van der Waals surface area (Å²) >= 11 is 0. The molecular formula is C32H42F5N5O3. The van der Waals surface area contributed by atoms with Crippen LogP contribution in [0.25, 0.3) is 0 Å². The van der Waals surface area contributed by atoms with Gasteiger partial charge in [0.25, 0.3) is 12.3 Å². The Morgan fingerprint density at radius 1 is 0.889 bits per heavy atom. The van der Waals surface area contributed by atoms with Crippen molar-refractivity contribution in [3.05, 3.63) is 47.3 Å². The van der Waals surface area contributed by atoms with E-state index in [1.165, 1.54) is 23.7 Å². The fraction of sp³-hybridized carbons (Fsp3) is 0.625. The predicted molar refractivity (Wildman–Crippen MR) is 158 cm³/mol. The van der Waals surface area contributed by atoms with Crippen LogP contribution in [0.3, 0.4) is 0 Å². The quantitative estimate of drug-likeness (QED) is 0.183. The lowest BCUT2D eigenvalue weighted by atomic mass is 9.66. The van der Waals surface area contributed by atoms with Crippen molar-refractivity contribution in [1.29, 1.82) is 0 Å². The third-order valence-electron chi connectivity index (χ3n) is 9.30. The van der Waals surface area contributed by atoms with E-state index in [-0.39, 0.29) is 41.2 Å². The fourth-order valence-electron chi connectivity index (χ4n) is 6.93. The van der Waals surface area contributed by atoms with Gasteiger partial charge in [0.05, 0.1) is 17.8 Å². The van der Waals surface area contributed by atoms with Crippen LogP contribution in [-0.2, 0) is 16.1 Å². The number of benzene rings is 1. The minimum Gasteiger partial charge on any atom is -0.339 e. The number of aromatic nitrogens is 2. The van der Waals surface area contributed by atoms with E-state index in [2.05, 4.69) is 15.7 Å². The van der Waals surface area contributed by atoms with Crippen molar-refractivity contribution >= 4 is 23.4 Å². The van der Waals surface area contributed by atoms with Gasteiger partial charge >= 0.3 is 0 Å². The van der Waals surface area contributed by atoms with Crippen LogP contribution in [-0.4, -0.2) is 46.3 Å². The number of alkyl halides is 3. The van der Waals surface area contributed by atoms with Crippen LogP contribution in [0.4, 0.5) is 27.6 Å². The number of aryl methyl sites for hydroxylation is 1. The highest BCUT2D eigenvalue weighted by molar-refractivity contribution is 6.01. The lowest BCUT2D eigenvalue weighted by Gasteiger charge is -2.42. The van der Waals surface area contributed by atoms with Crippen LogP contribution in [0.5, 0.6) is 0 Å². The van der Waals surface area contributed by atoms with Crippen molar-refractivity contribution in [2.45, 2.75) is 109 Å². The number of carbonyl (C=O) groups is 3. The normalized spacial score (nSPS) is 18.4. The standard InChI is InChI=1S/C32H42F5N5O3/c1-3-42-27(23(34)17-38-42)32(45)40-26(25(19-10-6-4-7-11-19)20-12-8-5-9-13-20)31(44)39-24-15-14-21(16-22(24)33)18(2)30(43)41-29(37)28(35)36/h14-20,25-26,28-29H,3-13H2,1-2H3,(H,39,44)(H,40,45)(H,41,43). The molecule has 1 aromatic heterocycles. The number of rotatable bonds is 12. The topological polar surface area (TPSA) is 105 Å². The SMILES string of the molecule is CCn1ncc(F)c1C(=O)NC(C(=O)Nc1ccc(C(C)C(=O)NC(F)C(F)F)cc1F)C(C1CCCCC1)C1CCCCC1. The lowest BCUT2D eigenvalue weighted by molar-refractivity contribution is -0.126. The summed E-state index contributed by atoms with van der Waals surface area (Å²) < 4.78 is 69.7. The molecule has 45 heavy (non-hydrogen) atoms. The molecule has 3 atom stereocenters. The summed E-state index contributed by atoms with van der Waals surface area (Å²) in [6.45, 7) is 3.26. The van der Waals surface area contributed by atoms with Crippen molar-refractivity contribution in [3.63, 3.8) is 0 Å². The molecule has 2 aliphatic carbocycles. The van der Waals surface area contributed by atoms with Gasteiger partial charge in [-0.2, -0.15) is 5.10 Å². The van der Waals surface area contributed by atoms with E-state index in [1.807, 2.05) is 0 Å². The molecule has 4 rings (SSSR count). The number of anilines is 1. The molecule has 2 fully saturated rings. The first-order valence-corrected chi connectivity index (χ1v) is 15.9. The molecule has 0 aliphatic heterocycles. The van der Waals surface area contributed by atoms with Gasteiger partial charge in [0.15, 0.2) is 11.5 Å². The number of nitrogens with one attached hydrogen (secondary N) is 3. The molecule has 1 heterocycles. The molecule has 0 spiro atoms. The zero-order chi connectivity index (χ0) is 32.7. The summed E-state index contributed by atoms with van der Waals surface area (Å²) in [4.78, 5) is 39.8. The van der Waals surface area contributed by atoms with Crippen LogP contribution < -0.4 is 16.0 Å². The van der Waals surface area contributed by atoms with Crippen molar-refractivity contribution in [2.24, 2.45) is 17.8 Å². The second-order valence-electron chi connectivity index (χ2n) is 12.2. The third kappa shape index (κ3) is 8.40. The molecule has 3 unspecified atom stereocenters. The first-order valence-electron chi connectivity index (χ1n) is 15.9. The monoisotopic (exact) mass is 639 g/mol. The summed E-state index contributed by atoms with van der Waals surface area (Å²) in [5.74, 6) is -5.35. The van der Waals surface area contributed by atoms with E-state index < -0.39 is 54.0 Å². The minimum atomic E-state index is -3.41. The maximum Gasteiger partial charge on any atom is 0.287 e. The van der Waals surface area contributed by atoms with Crippen molar-refractivity contribution in [1.82, 2.24) is 20.4 Å². The Balaban J connectivity index is 1.62. The smallest absolute Gasteiger partial charge is 0.287 e. The average molecular weight is 640 g/mol. The number of hydrogen-bond donors (Lipinski definition) is 3. The van der Waals surface area contributed by atoms with Gasteiger partial charge in [-0.3, -0.25) is 19.1 Å². The van der Waals surface area contributed by atoms with Gasteiger partial charge in [0.1, 0.15) is 11.9 Å². The Morgan fingerprint density at radius 3 is 2.02 bits per heavy atom. The molecule has 2 saturated carbocycles. The molecule has 1 aromatic carbocycles. The molecule has 0 bridgehead atoms. The van der Waals surface area contributed by atoms with Crippen molar-refractivity contribution < 1.29 is 36.3 Å². The van der Waals surface area contributed by atoms with Gasteiger partial charge in [-0.1, -0.05) is 70.3 Å². The lowest BCUT2D eigenvalue weighted by Crippen LogP contribution is -2.53. The molecule has 0 radical (unpaired) electrons. The van der Waals surface area contributed by atoms with Crippen LogP contribution in [0, 0.1) is 29.4 Å². The Morgan fingerprint density at radius 2 is 1.49 bits per heavy atom. The van der Waals surface area contributed by atoms with Gasteiger partial charge in [-0.25, -0.2) is 22.0 Å². The van der Waals surface area contributed by atoms with E-state index >= 15 is 4.39 Å². The molecular weight excluding hydrogens is 597 g/mol. The van der Waals surface area contributed by atoms with Crippen LogP contribution >= 0.6 is 0 Å². The highest BCUT2D eigenvalue weighted by Crippen LogP contribution is 2.42. The molecule has 0 saturated heterocycles. The van der Waals surface area contributed by atoms with Gasteiger partial charge in [0, 0.05) is 6.54 Å². The number of carbonyl (C=O) groups excluding carboxylic acids is 3. The van der Waals surface area contributed by atoms with Gasteiger partial charge < -0.3 is 16.0 Å². The predicted octanol–water partition coefficient (Wildman–Crippen LogP) is 6.48. The van der Waals surface area contributed by atoms with E-state index in [0.29, 0.717) is 0 Å². The van der Waals surface area contributed by atoms with Gasteiger partial charge in [-0.15, -0.1) is 0 Å². The molecule has 13 heteroatoms. The van der Waals surface area contributed by atoms with E-state index in [4.69, 9.17) is 0 Å². The molecule has 3 amide bonds. The molecule has 2 aliphatic rings. The molecule has 2 aromatic rings. The minimum absolute atomic E-state index is 0.0832. The second kappa shape index (κ2) is 15.7. The highest BCUT2D eigenvalue weighted by Gasteiger charge is 2.42. The number of nitrogens with zero attached hydrogens (tertiary/aromatic N) is 2. The fourth-order valence-corrected chi connectivity index (χ4v) is 6.93. The Bertz CT molecular complexity index is 1310. The maximum absolute atomic E-state index is 15.3. The summed E-state index contributed by atoms with van der Waals surface area (Å²) in [5.41, 5.74) is -0.422. The van der Waals surface area contributed by atoms with Crippen LogP contribution in [0.2, 0.25) is 0 Å². The Kier molecular flexibility index (Phi) is 12.0. The number of halogens is 5. The zero-order valence-electron chi connectivity index (χ0n) is 25.6. The Labute approximate surface area is 259 Å². The summed E-state index contributed by atoms with van der Waals surface area (Å²) in [6.07, 6.45) is 4.37. The first kappa shape index (κ1) is 34.4. The largest absolute Gasteiger partial charge is 0.339 e. The van der Waals surface area contributed by atoms with E-state index in [1.54, 1.807) is 12.2 Å². The summed E-state index contributed by atoms with van der Waals surface area (Å²) in [7, 11) is 0. The highest BCUT2D eigenvalue weighted by atomic mass is 19.3.